The fourth-order valence-electron chi connectivity index (χ4n) is 2.08. The third kappa shape index (κ3) is 7.08. The zero-order valence-corrected chi connectivity index (χ0v) is 16.3. The lowest BCUT2D eigenvalue weighted by Crippen LogP contribution is -2.40. The molecule has 0 fully saturated rings. The number of methoxy groups -OCH3 is 2. The van der Waals surface area contributed by atoms with E-state index in [-0.39, 0.29) is 31.1 Å². The minimum absolute atomic E-state index is 0.114. The van der Waals surface area contributed by atoms with E-state index in [9.17, 15) is 19.2 Å². The summed E-state index contributed by atoms with van der Waals surface area (Å²) in [7, 11) is 2.39. The number of rotatable bonds is 7. The summed E-state index contributed by atoms with van der Waals surface area (Å²) in [5, 5.41) is 2.80. The van der Waals surface area contributed by atoms with Crippen molar-refractivity contribution in [1.82, 2.24) is 10.2 Å². The summed E-state index contributed by atoms with van der Waals surface area (Å²) in [4.78, 5) is 48.9. The first-order valence-corrected chi connectivity index (χ1v) is 8.38. The van der Waals surface area contributed by atoms with E-state index < -0.39 is 23.3 Å². The van der Waals surface area contributed by atoms with Gasteiger partial charge in [0.05, 0.1) is 14.2 Å². The number of hydrogen-bond donors (Lipinski definition) is 1. The van der Waals surface area contributed by atoms with Gasteiger partial charge in [-0.2, -0.15) is 0 Å². The lowest BCUT2D eigenvalue weighted by atomic mass is 9.95. The summed E-state index contributed by atoms with van der Waals surface area (Å²) in [6.45, 7) is 4.91. The highest BCUT2D eigenvalue weighted by molar-refractivity contribution is 5.97. The van der Waals surface area contributed by atoms with Gasteiger partial charge < -0.3 is 19.7 Å². The van der Waals surface area contributed by atoms with Crippen LogP contribution < -0.4 is 5.32 Å². The Morgan fingerprint density at radius 1 is 1.00 bits per heavy atom. The number of carbonyl (C=O) groups excluding carboxylic acids is 4. The van der Waals surface area contributed by atoms with Gasteiger partial charge in [0.15, 0.2) is 0 Å². The zero-order valence-electron chi connectivity index (χ0n) is 16.3. The molecule has 1 rings (SSSR count). The first-order chi connectivity index (χ1) is 12.6. The van der Waals surface area contributed by atoms with Crippen LogP contribution in [0.2, 0.25) is 0 Å². The molecule has 0 unspecified atom stereocenters. The van der Waals surface area contributed by atoms with Crippen LogP contribution in [0.1, 0.15) is 36.7 Å². The van der Waals surface area contributed by atoms with Gasteiger partial charge in [0, 0.05) is 17.5 Å². The Kier molecular flexibility index (Phi) is 7.96. The van der Waals surface area contributed by atoms with Crippen molar-refractivity contribution in [2.75, 3.05) is 27.3 Å². The van der Waals surface area contributed by atoms with Crippen LogP contribution in [0.4, 0.5) is 0 Å². The summed E-state index contributed by atoms with van der Waals surface area (Å²) in [6, 6.07) is 6.61. The van der Waals surface area contributed by atoms with E-state index in [0.29, 0.717) is 0 Å². The molecule has 0 heterocycles. The number of esters is 2. The summed E-state index contributed by atoms with van der Waals surface area (Å²) < 4.78 is 9.14. The number of benzene rings is 1. The predicted molar refractivity (Wildman–Crippen MR) is 97.7 cm³/mol. The Morgan fingerprint density at radius 2 is 1.56 bits per heavy atom. The molecule has 0 saturated carbocycles. The normalized spacial score (nSPS) is 10.7. The number of nitrogens with zero attached hydrogens (tertiary/aromatic N) is 1. The first-order valence-electron chi connectivity index (χ1n) is 8.38. The van der Waals surface area contributed by atoms with Crippen LogP contribution in [0.3, 0.4) is 0 Å². The molecule has 1 aromatic carbocycles. The first kappa shape index (κ1) is 22.1. The Morgan fingerprint density at radius 3 is 2.04 bits per heavy atom. The summed E-state index contributed by atoms with van der Waals surface area (Å²) in [5.74, 6) is -1.94. The highest BCUT2D eigenvalue weighted by Crippen LogP contribution is 2.14. The van der Waals surface area contributed by atoms with Crippen molar-refractivity contribution in [3.8, 4) is 0 Å². The smallest absolute Gasteiger partial charge is 0.325 e. The number of hydrogen-bond acceptors (Lipinski definition) is 6. The molecule has 8 heteroatoms. The van der Waals surface area contributed by atoms with Crippen molar-refractivity contribution in [2.24, 2.45) is 5.41 Å². The molecule has 0 bridgehead atoms. The molecule has 0 saturated heterocycles. The molecule has 8 nitrogen and oxygen atoms in total. The Labute approximate surface area is 158 Å². The molecule has 0 spiro atoms. The quantitative estimate of drug-likeness (QED) is 0.714. The number of amides is 2. The van der Waals surface area contributed by atoms with Gasteiger partial charge in [-0.3, -0.25) is 19.2 Å². The molecule has 0 aliphatic carbocycles. The van der Waals surface area contributed by atoms with Crippen LogP contribution in [0, 0.1) is 5.41 Å². The highest BCUT2D eigenvalue weighted by Gasteiger charge is 2.23. The fraction of sp³-hybridized carbons (Fsp3) is 0.474. The van der Waals surface area contributed by atoms with E-state index in [0.717, 1.165) is 10.5 Å². The van der Waals surface area contributed by atoms with Gasteiger partial charge in [-0.1, -0.05) is 32.9 Å². The Bertz CT molecular complexity index is 690. The lowest BCUT2D eigenvalue weighted by molar-refractivity contribution is -0.144. The van der Waals surface area contributed by atoms with E-state index in [2.05, 4.69) is 14.8 Å². The largest absolute Gasteiger partial charge is 0.468 e. The maximum atomic E-state index is 12.7. The van der Waals surface area contributed by atoms with E-state index >= 15 is 0 Å². The molecule has 0 aromatic heterocycles. The zero-order chi connectivity index (χ0) is 20.6. The second kappa shape index (κ2) is 9.70. The second-order valence-corrected chi connectivity index (χ2v) is 6.95. The molecule has 0 radical (unpaired) electrons. The van der Waals surface area contributed by atoms with Gasteiger partial charge in [-0.05, 0) is 17.7 Å². The molecule has 0 aliphatic rings. The van der Waals surface area contributed by atoms with Crippen molar-refractivity contribution in [2.45, 2.75) is 27.3 Å². The van der Waals surface area contributed by atoms with Crippen LogP contribution in [-0.4, -0.2) is 56.0 Å². The monoisotopic (exact) mass is 378 g/mol. The van der Waals surface area contributed by atoms with Crippen LogP contribution in [0.25, 0.3) is 0 Å². The molecular weight excluding hydrogens is 352 g/mol. The fourth-order valence-corrected chi connectivity index (χ4v) is 2.08. The van der Waals surface area contributed by atoms with E-state index in [1.165, 1.54) is 14.2 Å². The molecule has 2 amide bonds. The Hall–Kier alpha value is -2.90. The minimum Gasteiger partial charge on any atom is -0.468 e. The Balaban J connectivity index is 2.94. The molecule has 0 atom stereocenters. The average Bonchev–Trinajstić information content (AvgIpc) is 2.63. The molecule has 1 N–H and O–H groups in total. The highest BCUT2D eigenvalue weighted by atomic mass is 16.5. The van der Waals surface area contributed by atoms with Crippen molar-refractivity contribution in [3.63, 3.8) is 0 Å². The van der Waals surface area contributed by atoms with E-state index in [1.54, 1.807) is 45.0 Å². The van der Waals surface area contributed by atoms with E-state index in [4.69, 9.17) is 0 Å². The topological polar surface area (TPSA) is 102 Å². The maximum absolute atomic E-state index is 12.7. The summed E-state index contributed by atoms with van der Waals surface area (Å²) in [6.07, 6.45) is 0. The van der Waals surface area contributed by atoms with Crippen molar-refractivity contribution >= 4 is 23.8 Å². The van der Waals surface area contributed by atoms with Gasteiger partial charge in [0.25, 0.3) is 5.91 Å². The standard InChI is InChI=1S/C19H26N2O6/c1-19(2,3)18(25)20-10-13-7-6-8-14(9-13)17(24)21(11-15(22)26-4)12-16(23)27-5/h6-9H,10-12H2,1-5H3,(H,20,25). The number of carbonyl (C=O) groups is 4. The molecular formula is C19H26N2O6. The second-order valence-electron chi connectivity index (χ2n) is 6.95. The van der Waals surface area contributed by atoms with Crippen LogP contribution in [-0.2, 0) is 30.4 Å². The van der Waals surface area contributed by atoms with E-state index in [1.807, 2.05) is 0 Å². The number of nitrogens with one attached hydrogen (secondary N) is 1. The van der Waals surface area contributed by atoms with Gasteiger partial charge in [0.1, 0.15) is 13.1 Å². The minimum atomic E-state index is -0.652. The van der Waals surface area contributed by atoms with Gasteiger partial charge >= 0.3 is 11.9 Å². The van der Waals surface area contributed by atoms with Crippen molar-refractivity contribution in [3.05, 3.63) is 35.4 Å². The van der Waals surface area contributed by atoms with Crippen LogP contribution in [0.15, 0.2) is 24.3 Å². The third-order valence-electron chi connectivity index (χ3n) is 3.69. The molecule has 148 valence electrons. The van der Waals surface area contributed by atoms with Crippen molar-refractivity contribution < 1.29 is 28.7 Å². The van der Waals surface area contributed by atoms with Gasteiger partial charge in [0.2, 0.25) is 5.91 Å². The summed E-state index contributed by atoms with van der Waals surface area (Å²) >= 11 is 0. The molecule has 0 aliphatic heterocycles. The SMILES string of the molecule is COC(=O)CN(CC(=O)OC)C(=O)c1cccc(CNC(=O)C(C)(C)C)c1. The predicted octanol–water partition coefficient (Wildman–Crippen LogP) is 1.14. The lowest BCUT2D eigenvalue weighted by Gasteiger charge is -2.21. The van der Waals surface area contributed by atoms with Gasteiger partial charge in [-0.25, -0.2) is 0 Å². The van der Waals surface area contributed by atoms with Crippen LogP contribution >= 0.6 is 0 Å². The third-order valence-corrected chi connectivity index (χ3v) is 3.69. The maximum Gasteiger partial charge on any atom is 0.325 e. The van der Waals surface area contributed by atoms with Gasteiger partial charge in [-0.15, -0.1) is 0 Å². The van der Waals surface area contributed by atoms with Crippen LogP contribution in [0.5, 0.6) is 0 Å². The molecule has 27 heavy (non-hydrogen) atoms. The average molecular weight is 378 g/mol. The number of ether oxygens (including phenoxy) is 2. The van der Waals surface area contributed by atoms with Crippen molar-refractivity contribution in [1.29, 1.82) is 0 Å². The summed E-state index contributed by atoms with van der Waals surface area (Å²) in [5.41, 5.74) is 0.477. The molecule has 1 aromatic rings.